The van der Waals surface area contributed by atoms with Crippen LogP contribution in [0.4, 0.5) is 0 Å². The lowest BCUT2D eigenvalue weighted by atomic mass is 10.1. The molecule has 2 atom stereocenters. The monoisotopic (exact) mass is 597 g/mol. The van der Waals surface area contributed by atoms with Crippen LogP contribution in [0.3, 0.4) is 0 Å². The van der Waals surface area contributed by atoms with Crippen molar-refractivity contribution in [3.63, 3.8) is 0 Å². The van der Waals surface area contributed by atoms with Gasteiger partial charge >= 0.3 is 0 Å². The molecule has 0 aromatic rings. The molecule has 41 heavy (non-hydrogen) atoms. The fraction of sp³-hybridized carbons (Fsp3) is 0.794. The highest BCUT2D eigenvalue weighted by Gasteiger charge is 2.24. The molecule has 2 unspecified atom stereocenters. The summed E-state index contributed by atoms with van der Waals surface area (Å²) < 4.78 is 32.1. The van der Waals surface area contributed by atoms with Crippen LogP contribution in [0, 0.1) is 0 Å². The van der Waals surface area contributed by atoms with Gasteiger partial charge in [-0.25, -0.2) is 0 Å². The summed E-state index contributed by atoms with van der Waals surface area (Å²) in [6.07, 6.45) is 35.8. The van der Waals surface area contributed by atoms with Crippen molar-refractivity contribution in [2.45, 2.75) is 167 Å². The van der Waals surface area contributed by atoms with Gasteiger partial charge in [0.1, 0.15) is 0 Å². The number of aliphatic hydroxyl groups is 1. The Bertz CT molecular complexity index is 791. The number of rotatable bonds is 29. The van der Waals surface area contributed by atoms with E-state index in [2.05, 4.69) is 43.5 Å². The smallest absolute Gasteiger partial charge is 0.267 e. The number of allylic oxidation sites excluding steroid dienone is 5. The number of carbonyl (C=O) groups is 1. The standard InChI is InChI=1S/C34H63NO5S/c1-3-5-7-9-11-12-13-14-15-16-17-18-19-20-21-22-24-25-27-29-33(36)32(31-41(38,39)40)35-34(37)30-28-26-23-10-8-6-4-2/h17-18,21-22,27,29,32-33,36H,3-16,19-20,23-26,28,30-31H2,1-2H3,(H,35,37)(H,38,39,40)/b18-17+,22-21+,29-27+. The SMILES string of the molecule is CCCCCCCCCCC/C=C/CC/C=C/CC/C=C/C(O)C(CS(=O)(=O)O)NC(=O)CCCCCCCCC. The molecule has 0 aliphatic rings. The van der Waals surface area contributed by atoms with Crippen LogP contribution >= 0.6 is 0 Å². The van der Waals surface area contributed by atoms with Crippen molar-refractivity contribution in [3.8, 4) is 0 Å². The van der Waals surface area contributed by atoms with Crippen molar-refractivity contribution < 1.29 is 22.9 Å². The van der Waals surface area contributed by atoms with Crippen LogP contribution in [-0.4, -0.2) is 41.9 Å². The van der Waals surface area contributed by atoms with Crippen LogP contribution in [0.15, 0.2) is 36.5 Å². The van der Waals surface area contributed by atoms with Crippen molar-refractivity contribution in [3.05, 3.63) is 36.5 Å². The summed E-state index contributed by atoms with van der Waals surface area (Å²) in [7, 11) is -4.34. The van der Waals surface area contributed by atoms with Gasteiger partial charge in [-0.1, -0.05) is 140 Å². The molecule has 0 rings (SSSR count). The van der Waals surface area contributed by atoms with E-state index in [1.807, 2.05) is 0 Å². The lowest BCUT2D eigenvalue weighted by molar-refractivity contribution is -0.122. The molecule has 0 heterocycles. The quantitative estimate of drug-likeness (QED) is 0.0453. The minimum atomic E-state index is -4.34. The highest BCUT2D eigenvalue weighted by molar-refractivity contribution is 7.85. The molecule has 0 spiro atoms. The number of carbonyl (C=O) groups excluding carboxylic acids is 1. The Morgan fingerprint density at radius 1 is 0.634 bits per heavy atom. The van der Waals surface area contributed by atoms with Gasteiger partial charge in [0, 0.05) is 6.42 Å². The van der Waals surface area contributed by atoms with E-state index in [0.717, 1.165) is 44.9 Å². The van der Waals surface area contributed by atoms with Gasteiger partial charge in [-0.05, 0) is 44.9 Å². The van der Waals surface area contributed by atoms with Gasteiger partial charge < -0.3 is 10.4 Å². The first-order chi connectivity index (χ1) is 19.8. The molecule has 0 aliphatic carbocycles. The molecular weight excluding hydrogens is 534 g/mol. The van der Waals surface area contributed by atoms with Gasteiger partial charge in [0.05, 0.1) is 17.9 Å². The summed E-state index contributed by atoms with van der Waals surface area (Å²) in [4.78, 5) is 12.3. The lowest BCUT2D eigenvalue weighted by Gasteiger charge is -2.21. The molecule has 0 saturated heterocycles. The molecule has 0 radical (unpaired) electrons. The first-order valence-electron chi connectivity index (χ1n) is 16.7. The molecule has 0 aromatic heterocycles. The van der Waals surface area contributed by atoms with Crippen molar-refractivity contribution in [2.75, 3.05) is 5.75 Å². The second-order valence-electron chi connectivity index (χ2n) is 11.4. The van der Waals surface area contributed by atoms with Gasteiger partial charge in [0.25, 0.3) is 10.1 Å². The Hall–Kier alpha value is -1.44. The summed E-state index contributed by atoms with van der Waals surface area (Å²) in [6.45, 7) is 4.44. The van der Waals surface area contributed by atoms with Crippen molar-refractivity contribution >= 4 is 16.0 Å². The minimum absolute atomic E-state index is 0.283. The molecule has 7 heteroatoms. The summed E-state index contributed by atoms with van der Waals surface area (Å²) in [5.41, 5.74) is 0. The molecule has 0 aliphatic heterocycles. The van der Waals surface area contributed by atoms with Gasteiger partial charge in [-0.15, -0.1) is 0 Å². The molecule has 0 bridgehead atoms. The van der Waals surface area contributed by atoms with Crippen molar-refractivity contribution in [1.29, 1.82) is 0 Å². The average molecular weight is 598 g/mol. The number of amides is 1. The number of hydrogen-bond acceptors (Lipinski definition) is 4. The van der Waals surface area contributed by atoms with Crippen LogP contribution in [0.1, 0.15) is 155 Å². The van der Waals surface area contributed by atoms with Gasteiger partial charge in [-0.2, -0.15) is 8.42 Å². The summed E-state index contributed by atoms with van der Waals surface area (Å²) in [6, 6.07) is -1.07. The van der Waals surface area contributed by atoms with Crippen LogP contribution in [0.2, 0.25) is 0 Å². The topological polar surface area (TPSA) is 104 Å². The maximum atomic E-state index is 12.3. The molecule has 1 amide bonds. The third kappa shape index (κ3) is 29.8. The molecule has 0 aromatic carbocycles. The maximum absolute atomic E-state index is 12.3. The van der Waals surface area contributed by atoms with E-state index < -0.39 is 28.0 Å². The zero-order valence-electron chi connectivity index (χ0n) is 26.4. The van der Waals surface area contributed by atoms with Gasteiger partial charge in [-0.3, -0.25) is 9.35 Å². The molecule has 0 saturated carbocycles. The second kappa shape index (κ2) is 28.7. The zero-order chi connectivity index (χ0) is 30.4. The van der Waals surface area contributed by atoms with E-state index in [4.69, 9.17) is 0 Å². The van der Waals surface area contributed by atoms with E-state index in [0.29, 0.717) is 6.42 Å². The Morgan fingerprint density at radius 2 is 1.05 bits per heavy atom. The number of hydrogen-bond donors (Lipinski definition) is 3. The number of aliphatic hydroxyl groups excluding tert-OH is 1. The van der Waals surface area contributed by atoms with Crippen LogP contribution in [0.25, 0.3) is 0 Å². The lowest BCUT2D eigenvalue weighted by Crippen LogP contribution is -2.46. The predicted molar refractivity (Wildman–Crippen MR) is 175 cm³/mol. The second-order valence-corrected chi connectivity index (χ2v) is 12.9. The number of unbranched alkanes of at least 4 members (excludes halogenated alkanes) is 17. The summed E-state index contributed by atoms with van der Waals surface area (Å²) >= 11 is 0. The molecule has 6 nitrogen and oxygen atoms in total. The predicted octanol–water partition coefficient (Wildman–Crippen LogP) is 9.01. The average Bonchev–Trinajstić information content (AvgIpc) is 2.92. The fourth-order valence-corrected chi connectivity index (χ4v) is 5.51. The zero-order valence-corrected chi connectivity index (χ0v) is 27.2. The third-order valence-corrected chi connectivity index (χ3v) is 8.08. The molecule has 3 N–H and O–H groups in total. The molecule has 0 fully saturated rings. The Labute approximate surface area is 253 Å². The highest BCUT2D eigenvalue weighted by Crippen LogP contribution is 2.12. The Morgan fingerprint density at radius 3 is 1.54 bits per heavy atom. The maximum Gasteiger partial charge on any atom is 0.267 e. The van der Waals surface area contributed by atoms with E-state index >= 15 is 0 Å². The Balaban J connectivity index is 4.06. The first kappa shape index (κ1) is 39.6. The van der Waals surface area contributed by atoms with E-state index in [1.165, 1.54) is 89.5 Å². The minimum Gasteiger partial charge on any atom is -0.387 e. The fourth-order valence-electron chi connectivity index (χ4n) is 4.77. The summed E-state index contributed by atoms with van der Waals surface area (Å²) in [5, 5.41) is 13.0. The van der Waals surface area contributed by atoms with Crippen molar-refractivity contribution in [2.24, 2.45) is 0 Å². The van der Waals surface area contributed by atoms with Crippen molar-refractivity contribution in [1.82, 2.24) is 5.32 Å². The number of nitrogens with one attached hydrogen (secondary N) is 1. The Kier molecular flexibility index (Phi) is 27.7. The first-order valence-corrected chi connectivity index (χ1v) is 18.3. The van der Waals surface area contributed by atoms with Gasteiger partial charge in [0.2, 0.25) is 5.91 Å². The largest absolute Gasteiger partial charge is 0.387 e. The van der Waals surface area contributed by atoms with E-state index in [1.54, 1.807) is 6.08 Å². The van der Waals surface area contributed by atoms with Crippen LogP contribution in [-0.2, 0) is 14.9 Å². The molecule has 240 valence electrons. The van der Waals surface area contributed by atoms with E-state index in [9.17, 15) is 22.9 Å². The summed E-state index contributed by atoms with van der Waals surface area (Å²) in [5.74, 6) is -1.02. The molecular formula is C34H63NO5S. The van der Waals surface area contributed by atoms with Crippen LogP contribution < -0.4 is 5.32 Å². The van der Waals surface area contributed by atoms with Crippen LogP contribution in [0.5, 0.6) is 0 Å². The van der Waals surface area contributed by atoms with Gasteiger partial charge in [0.15, 0.2) is 0 Å². The highest BCUT2D eigenvalue weighted by atomic mass is 32.2. The normalized spacial score (nSPS) is 14.0. The van der Waals surface area contributed by atoms with E-state index in [-0.39, 0.29) is 12.3 Å². The third-order valence-electron chi connectivity index (χ3n) is 7.30.